The van der Waals surface area contributed by atoms with E-state index in [0.29, 0.717) is 21.7 Å². The van der Waals surface area contributed by atoms with E-state index >= 15 is 0 Å². The highest BCUT2D eigenvalue weighted by atomic mass is 35.5. The highest BCUT2D eigenvalue weighted by Crippen LogP contribution is 2.36. The van der Waals surface area contributed by atoms with Gasteiger partial charge in [0.05, 0.1) is 27.0 Å². The van der Waals surface area contributed by atoms with E-state index in [1.54, 1.807) is 72.8 Å². The van der Waals surface area contributed by atoms with Crippen molar-refractivity contribution in [1.82, 2.24) is 5.32 Å². The summed E-state index contributed by atoms with van der Waals surface area (Å²) in [5.41, 5.74) is -0.553. The van der Waals surface area contributed by atoms with E-state index in [0.717, 1.165) is 23.9 Å². The molecule has 6 nitrogen and oxygen atoms in total. The number of alkyl halides is 3. The van der Waals surface area contributed by atoms with Gasteiger partial charge < -0.3 is 16.0 Å². The van der Waals surface area contributed by atoms with E-state index in [9.17, 15) is 27.6 Å². The fourth-order valence-corrected chi connectivity index (χ4v) is 5.08. The normalized spacial score (nSPS) is 11.5. The second-order valence-corrected chi connectivity index (χ2v) is 11.3. The lowest BCUT2D eigenvalue weighted by Crippen LogP contribution is -2.30. The molecule has 4 aromatic rings. The predicted octanol–water partition coefficient (Wildman–Crippen LogP) is 8.81. The summed E-state index contributed by atoms with van der Waals surface area (Å²) >= 11 is 19.2. The van der Waals surface area contributed by atoms with Crippen LogP contribution in [0.2, 0.25) is 15.1 Å². The summed E-state index contributed by atoms with van der Waals surface area (Å²) in [6.45, 7) is 0. The summed E-state index contributed by atoms with van der Waals surface area (Å²) in [4.78, 5) is 39.3. The van der Waals surface area contributed by atoms with Gasteiger partial charge in [-0.3, -0.25) is 14.4 Å². The van der Waals surface area contributed by atoms with Crippen LogP contribution in [-0.2, 0) is 15.8 Å². The molecule has 0 bridgehead atoms. The van der Waals surface area contributed by atoms with Crippen molar-refractivity contribution in [2.24, 2.45) is 0 Å². The van der Waals surface area contributed by atoms with Crippen molar-refractivity contribution < 1.29 is 27.6 Å². The molecular formula is C31H21Cl3F3N3O3S. The van der Waals surface area contributed by atoms with Gasteiger partial charge in [-0.15, -0.1) is 11.8 Å². The summed E-state index contributed by atoms with van der Waals surface area (Å²) in [5.74, 6) is -2.10. The number of carbonyl (C=O) groups is 3. The van der Waals surface area contributed by atoms with Gasteiger partial charge in [-0.1, -0.05) is 71.2 Å². The summed E-state index contributed by atoms with van der Waals surface area (Å²) in [7, 11) is 0. The fourth-order valence-electron chi connectivity index (χ4n) is 3.79. The van der Waals surface area contributed by atoms with Gasteiger partial charge in [0.2, 0.25) is 5.91 Å². The van der Waals surface area contributed by atoms with Crippen molar-refractivity contribution in [3.05, 3.63) is 128 Å². The first-order chi connectivity index (χ1) is 20.9. The monoisotopic (exact) mass is 677 g/mol. The Balaban J connectivity index is 1.48. The molecule has 3 amide bonds. The third kappa shape index (κ3) is 9.03. The fraction of sp³-hybridized carbons (Fsp3) is 0.0645. The summed E-state index contributed by atoms with van der Waals surface area (Å²) in [6, 6.07) is 22.7. The van der Waals surface area contributed by atoms with Gasteiger partial charge in [0.25, 0.3) is 11.8 Å². The van der Waals surface area contributed by atoms with E-state index in [-0.39, 0.29) is 26.5 Å². The number of halogens is 6. The first-order valence-electron chi connectivity index (χ1n) is 12.6. The Morgan fingerprint density at radius 2 is 1.55 bits per heavy atom. The summed E-state index contributed by atoms with van der Waals surface area (Å²) in [6.07, 6.45) is -3.32. The van der Waals surface area contributed by atoms with Gasteiger partial charge in [0.1, 0.15) is 5.70 Å². The third-order valence-corrected chi connectivity index (χ3v) is 7.90. The van der Waals surface area contributed by atoms with Crippen molar-refractivity contribution >= 4 is 81.7 Å². The Labute approximate surface area is 269 Å². The number of anilines is 2. The number of hydrogen-bond acceptors (Lipinski definition) is 4. The summed E-state index contributed by atoms with van der Waals surface area (Å²) < 4.78 is 40.1. The van der Waals surface area contributed by atoms with Crippen LogP contribution >= 0.6 is 46.6 Å². The molecule has 4 aromatic carbocycles. The van der Waals surface area contributed by atoms with Crippen molar-refractivity contribution in [3.8, 4) is 0 Å². The van der Waals surface area contributed by atoms with E-state index in [2.05, 4.69) is 16.0 Å². The molecule has 0 aromatic heterocycles. The molecule has 0 heterocycles. The number of benzene rings is 4. The lowest BCUT2D eigenvalue weighted by molar-refractivity contribution is -0.137. The van der Waals surface area contributed by atoms with E-state index < -0.39 is 35.1 Å². The molecule has 0 radical (unpaired) electrons. The lowest BCUT2D eigenvalue weighted by Gasteiger charge is -2.14. The van der Waals surface area contributed by atoms with Crippen LogP contribution in [0.5, 0.6) is 0 Å². The maximum absolute atomic E-state index is 13.4. The van der Waals surface area contributed by atoms with Crippen LogP contribution in [-0.4, -0.2) is 23.5 Å². The predicted molar refractivity (Wildman–Crippen MR) is 169 cm³/mol. The van der Waals surface area contributed by atoms with Crippen LogP contribution in [0.1, 0.15) is 21.5 Å². The molecular weight excluding hydrogens is 658 g/mol. The van der Waals surface area contributed by atoms with Gasteiger partial charge in [-0.2, -0.15) is 13.2 Å². The van der Waals surface area contributed by atoms with Crippen LogP contribution in [0.15, 0.2) is 102 Å². The van der Waals surface area contributed by atoms with E-state index in [4.69, 9.17) is 34.8 Å². The Bertz CT molecular complexity index is 1730. The average Bonchev–Trinajstić information content (AvgIpc) is 2.99. The van der Waals surface area contributed by atoms with Gasteiger partial charge in [0.15, 0.2) is 0 Å². The smallest absolute Gasteiger partial charge is 0.325 e. The standard InChI is InChI=1S/C31H21Cl3F3N3O3S/c32-20-12-13-25(23(15-20)31(35,36)37)39-27(41)17-44-22-10-5-9-21(16-22)38-30(43)26(14-19-8-4-11-24(33)28(19)34)40-29(42)18-6-2-1-3-7-18/h1-16H,17H2,(H,38,43)(H,39,41)(H,40,42)/b26-14+. The zero-order valence-electron chi connectivity index (χ0n) is 22.3. The molecule has 44 heavy (non-hydrogen) atoms. The molecule has 0 unspecified atom stereocenters. The Kier molecular flexibility index (Phi) is 11.0. The Morgan fingerprint density at radius 3 is 2.27 bits per heavy atom. The van der Waals surface area contributed by atoms with E-state index in [1.807, 2.05) is 0 Å². The maximum atomic E-state index is 13.4. The molecule has 0 saturated heterocycles. The number of amides is 3. The van der Waals surface area contributed by atoms with Gasteiger partial charge >= 0.3 is 6.18 Å². The quantitative estimate of drug-likeness (QED) is 0.122. The maximum Gasteiger partial charge on any atom is 0.418 e. The van der Waals surface area contributed by atoms with Crippen LogP contribution < -0.4 is 16.0 Å². The second kappa shape index (κ2) is 14.7. The zero-order valence-corrected chi connectivity index (χ0v) is 25.4. The first kappa shape index (κ1) is 32.9. The van der Waals surface area contributed by atoms with E-state index in [1.165, 1.54) is 12.1 Å². The SMILES string of the molecule is O=C(CSc1cccc(NC(=O)/C(=C\c2cccc(Cl)c2Cl)NC(=O)c2ccccc2)c1)Nc1ccc(Cl)cc1C(F)(F)F. The van der Waals surface area contributed by atoms with Gasteiger partial charge in [-0.25, -0.2) is 0 Å². The molecule has 0 aliphatic heterocycles. The van der Waals surface area contributed by atoms with Crippen LogP contribution in [0.4, 0.5) is 24.5 Å². The molecule has 226 valence electrons. The highest BCUT2D eigenvalue weighted by Gasteiger charge is 2.34. The molecule has 13 heteroatoms. The highest BCUT2D eigenvalue weighted by molar-refractivity contribution is 8.00. The molecule has 0 saturated carbocycles. The Morgan fingerprint density at radius 1 is 0.818 bits per heavy atom. The third-order valence-electron chi connectivity index (χ3n) is 5.83. The molecule has 0 fully saturated rings. The minimum atomic E-state index is -4.71. The topological polar surface area (TPSA) is 87.3 Å². The van der Waals surface area contributed by atoms with Crippen molar-refractivity contribution in [3.63, 3.8) is 0 Å². The number of rotatable bonds is 9. The van der Waals surface area contributed by atoms with Crippen LogP contribution in [0.25, 0.3) is 6.08 Å². The Hall–Kier alpha value is -3.96. The minimum absolute atomic E-state index is 0.114. The minimum Gasteiger partial charge on any atom is -0.325 e. The molecule has 0 aliphatic carbocycles. The largest absolute Gasteiger partial charge is 0.418 e. The number of thioether (sulfide) groups is 1. The first-order valence-corrected chi connectivity index (χ1v) is 14.8. The van der Waals surface area contributed by atoms with Crippen LogP contribution in [0.3, 0.4) is 0 Å². The molecule has 3 N–H and O–H groups in total. The lowest BCUT2D eigenvalue weighted by atomic mass is 10.1. The van der Waals surface area contributed by atoms with Crippen LogP contribution in [0, 0.1) is 0 Å². The average molecular weight is 679 g/mol. The summed E-state index contributed by atoms with van der Waals surface area (Å²) in [5, 5.41) is 7.90. The number of carbonyl (C=O) groups excluding carboxylic acids is 3. The zero-order chi connectivity index (χ0) is 31.9. The van der Waals surface area contributed by atoms with Gasteiger partial charge in [-0.05, 0) is 66.2 Å². The van der Waals surface area contributed by atoms with Crippen molar-refractivity contribution in [2.45, 2.75) is 11.1 Å². The molecule has 4 rings (SSSR count). The van der Waals surface area contributed by atoms with Crippen molar-refractivity contribution in [2.75, 3.05) is 16.4 Å². The van der Waals surface area contributed by atoms with Crippen molar-refractivity contribution in [1.29, 1.82) is 0 Å². The number of nitrogens with one attached hydrogen (secondary N) is 3. The molecule has 0 aliphatic rings. The number of hydrogen-bond donors (Lipinski definition) is 3. The van der Waals surface area contributed by atoms with Gasteiger partial charge in [0, 0.05) is 21.2 Å². The second-order valence-electron chi connectivity index (χ2n) is 9.03. The molecule has 0 spiro atoms. The molecule has 0 atom stereocenters.